The molecule has 22 heavy (non-hydrogen) atoms. The Hall–Kier alpha value is -1.81. The molecule has 0 saturated carbocycles. The summed E-state index contributed by atoms with van der Waals surface area (Å²) in [5, 5.41) is 2.95. The van der Waals surface area contributed by atoms with Crippen molar-refractivity contribution in [1.29, 1.82) is 0 Å². The van der Waals surface area contributed by atoms with Crippen LogP contribution in [0.4, 0.5) is 10.1 Å². The van der Waals surface area contributed by atoms with Crippen LogP contribution >= 0.6 is 11.8 Å². The Balaban J connectivity index is 1.47. The summed E-state index contributed by atoms with van der Waals surface area (Å²) in [5.74, 6) is 0.875. The molecule has 114 valence electrons. The molecule has 0 bridgehead atoms. The minimum atomic E-state index is -0.233. The number of benzene rings is 2. The van der Waals surface area contributed by atoms with Crippen molar-refractivity contribution in [1.82, 2.24) is 0 Å². The van der Waals surface area contributed by atoms with E-state index in [1.54, 1.807) is 12.1 Å². The summed E-state index contributed by atoms with van der Waals surface area (Å²) >= 11 is 1.53. The molecule has 2 aromatic carbocycles. The Kier molecular flexibility index (Phi) is 4.78. The van der Waals surface area contributed by atoms with Crippen LogP contribution in [-0.4, -0.2) is 11.7 Å². The van der Waals surface area contributed by atoms with Gasteiger partial charge in [-0.15, -0.1) is 11.8 Å². The second kappa shape index (κ2) is 6.97. The SMILES string of the molecule is O=C(CSCc1ccc(F)cc1)Nc1ccc2c(c1)CCC2. The van der Waals surface area contributed by atoms with Crippen LogP contribution in [-0.2, 0) is 23.4 Å². The van der Waals surface area contributed by atoms with Crippen LogP contribution in [0.2, 0.25) is 0 Å². The lowest BCUT2D eigenvalue weighted by molar-refractivity contribution is -0.113. The minimum absolute atomic E-state index is 0.00468. The molecule has 1 aliphatic carbocycles. The molecule has 0 heterocycles. The third-order valence-electron chi connectivity index (χ3n) is 3.80. The number of thioether (sulfide) groups is 1. The van der Waals surface area contributed by atoms with Gasteiger partial charge in [0.25, 0.3) is 0 Å². The maximum absolute atomic E-state index is 12.8. The molecule has 0 radical (unpaired) electrons. The van der Waals surface area contributed by atoms with Crippen LogP contribution in [0.15, 0.2) is 42.5 Å². The fourth-order valence-corrected chi connectivity index (χ4v) is 3.48. The topological polar surface area (TPSA) is 29.1 Å². The van der Waals surface area contributed by atoms with Gasteiger partial charge in [-0.3, -0.25) is 4.79 Å². The van der Waals surface area contributed by atoms with E-state index in [4.69, 9.17) is 0 Å². The van der Waals surface area contributed by atoms with Gasteiger partial charge in [0.1, 0.15) is 5.82 Å². The molecule has 0 atom stereocenters. The molecule has 1 amide bonds. The molecule has 2 nitrogen and oxygen atoms in total. The van der Waals surface area contributed by atoms with Crippen LogP contribution in [0.5, 0.6) is 0 Å². The molecule has 1 aliphatic rings. The molecule has 4 heteroatoms. The predicted molar refractivity (Wildman–Crippen MR) is 89.7 cm³/mol. The summed E-state index contributed by atoms with van der Waals surface area (Å²) in [6.45, 7) is 0. The molecule has 0 aromatic heterocycles. The number of hydrogen-bond donors (Lipinski definition) is 1. The normalized spacial score (nSPS) is 13.0. The Bertz CT molecular complexity index is 669. The van der Waals surface area contributed by atoms with Crippen LogP contribution in [0.3, 0.4) is 0 Å². The minimum Gasteiger partial charge on any atom is -0.325 e. The Morgan fingerprint density at radius 3 is 2.68 bits per heavy atom. The van der Waals surface area contributed by atoms with E-state index in [1.807, 2.05) is 6.07 Å². The molecule has 0 unspecified atom stereocenters. The number of halogens is 1. The van der Waals surface area contributed by atoms with Crippen molar-refractivity contribution in [3.8, 4) is 0 Å². The highest BCUT2D eigenvalue weighted by molar-refractivity contribution is 7.99. The van der Waals surface area contributed by atoms with Crippen molar-refractivity contribution in [2.24, 2.45) is 0 Å². The van der Waals surface area contributed by atoms with Gasteiger partial charge in [-0.1, -0.05) is 18.2 Å². The highest BCUT2D eigenvalue weighted by Gasteiger charge is 2.11. The summed E-state index contributed by atoms with van der Waals surface area (Å²) in [7, 11) is 0. The monoisotopic (exact) mass is 315 g/mol. The van der Waals surface area contributed by atoms with Crippen molar-refractivity contribution in [2.75, 3.05) is 11.1 Å². The first-order chi connectivity index (χ1) is 10.7. The number of hydrogen-bond acceptors (Lipinski definition) is 2. The molecule has 0 aliphatic heterocycles. The van der Waals surface area contributed by atoms with Crippen molar-refractivity contribution in [3.05, 3.63) is 65.0 Å². The summed E-state index contributed by atoms with van der Waals surface area (Å²) in [6, 6.07) is 12.6. The third kappa shape index (κ3) is 3.89. The van der Waals surface area contributed by atoms with Gasteiger partial charge in [-0.25, -0.2) is 4.39 Å². The smallest absolute Gasteiger partial charge is 0.234 e. The second-order valence-electron chi connectivity index (χ2n) is 5.50. The molecule has 0 fully saturated rings. The van der Waals surface area contributed by atoms with Crippen molar-refractivity contribution < 1.29 is 9.18 Å². The van der Waals surface area contributed by atoms with Gasteiger partial charge in [-0.2, -0.15) is 0 Å². The Labute approximate surface area is 134 Å². The predicted octanol–water partition coefficient (Wildman–Crippen LogP) is 4.19. The third-order valence-corrected chi connectivity index (χ3v) is 4.80. The van der Waals surface area contributed by atoms with Crippen molar-refractivity contribution in [2.45, 2.75) is 25.0 Å². The number of fused-ring (bicyclic) bond motifs is 1. The van der Waals surface area contributed by atoms with Crippen molar-refractivity contribution in [3.63, 3.8) is 0 Å². The largest absolute Gasteiger partial charge is 0.325 e. The number of rotatable bonds is 5. The summed E-state index contributed by atoms with van der Waals surface area (Å²) in [6.07, 6.45) is 3.47. The van der Waals surface area contributed by atoms with Crippen LogP contribution < -0.4 is 5.32 Å². The van der Waals surface area contributed by atoms with Gasteiger partial charge in [0.2, 0.25) is 5.91 Å². The Morgan fingerprint density at radius 1 is 1.09 bits per heavy atom. The van der Waals surface area contributed by atoms with Gasteiger partial charge in [0, 0.05) is 11.4 Å². The van der Waals surface area contributed by atoms with Crippen LogP contribution in [0, 0.1) is 5.82 Å². The van der Waals surface area contributed by atoms with E-state index >= 15 is 0 Å². The quantitative estimate of drug-likeness (QED) is 0.896. The molecule has 1 N–H and O–H groups in total. The average Bonchev–Trinajstić information content (AvgIpc) is 2.97. The maximum atomic E-state index is 12.8. The number of amides is 1. The first-order valence-electron chi connectivity index (χ1n) is 7.44. The first kappa shape index (κ1) is 15.1. The highest BCUT2D eigenvalue weighted by atomic mass is 32.2. The van der Waals surface area contributed by atoms with E-state index < -0.39 is 0 Å². The molecule has 2 aromatic rings. The van der Waals surface area contributed by atoms with Crippen LogP contribution in [0.1, 0.15) is 23.1 Å². The van der Waals surface area contributed by atoms with Crippen LogP contribution in [0.25, 0.3) is 0 Å². The number of anilines is 1. The van der Waals surface area contributed by atoms with Gasteiger partial charge in [0.05, 0.1) is 5.75 Å². The lowest BCUT2D eigenvalue weighted by Crippen LogP contribution is -2.14. The number of carbonyl (C=O) groups is 1. The Morgan fingerprint density at radius 2 is 1.86 bits per heavy atom. The van der Waals surface area contributed by atoms with E-state index in [2.05, 4.69) is 17.4 Å². The van der Waals surface area contributed by atoms with E-state index in [0.717, 1.165) is 24.1 Å². The fraction of sp³-hybridized carbons (Fsp3) is 0.278. The average molecular weight is 315 g/mol. The van der Waals surface area contributed by atoms with E-state index in [0.29, 0.717) is 11.5 Å². The lowest BCUT2D eigenvalue weighted by Gasteiger charge is -2.07. The lowest BCUT2D eigenvalue weighted by atomic mass is 10.1. The van der Waals surface area contributed by atoms with E-state index in [1.165, 1.54) is 41.4 Å². The summed E-state index contributed by atoms with van der Waals surface area (Å²) in [5.41, 5.74) is 4.67. The molecular weight excluding hydrogens is 297 g/mol. The number of nitrogens with one attached hydrogen (secondary N) is 1. The number of aryl methyl sites for hydroxylation is 2. The highest BCUT2D eigenvalue weighted by Crippen LogP contribution is 2.25. The standard InChI is InChI=1S/C18H18FNOS/c19-16-7-4-13(5-8-16)11-22-12-18(21)20-17-9-6-14-2-1-3-15(14)10-17/h4-10H,1-3,11-12H2,(H,20,21). The number of carbonyl (C=O) groups excluding carboxylic acids is 1. The molecule has 0 spiro atoms. The molecule has 0 saturated heterocycles. The zero-order valence-electron chi connectivity index (χ0n) is 12.3. The fourth-order valence-electron chi connectivity index (χ4n) is 2.69. The van der Waals surface area contributed by atoms with E-state index in [9.17, 15) is 9.18 Å². The van der Waals surface area contributed by atoms with Gasteiger partial charge in [0.15, 0.2) is 0 Å². The van der Waals surface area contributed by atoms with Gasteiger partial charge < -0.3 is 5.32 Å². The van der Waals surface area contributed by atoms with Gasteiger partial charge in [-0.05, 0) is 60.2 Å². The summed E-state index contributed by atoms with van der Waals surface area (Å²) < 4.78 is 12.8. The zero-order valence-corrected chi connectivity index (χ0v) is 13.1. The summed E-state index contributed by atoms with van der Waals surface area (Å²) in [4.78, 5) is 12.0. The zero-order chi connectivity index (χ0) is 15.4. The van der Waals surface area contributed by atoms with E-state index in [-0.39, 0.29) is 11.7 Å². The molecule has 3 rings (SSSR count). The van der Waals surface area contributed by atoms with Gasteiger partial charge >= 0.3 is 0 Å². The maximum Gasteiger partial charge on any atom is 0.234 e. The van der Waals surface area contributed by atoms with Crippen molar-refractivity contribution >= 4 is 23.4 Å². The first-order valence-corrected chi connectivity index (χ1v) is 8.60. The molecular formula is C18H18FNOS. The second-order valence-corrected chi connectivity index (χ2v) is 6.49.